The number of β-lactam (4-membered cyclic amide) rings is 1. The number of amides is 3. The number of aliphatic carboxylic acids is 1. The first-order valence-corrected chi connectivity index (χ1v) is 13.8. The standard InChI is InChI=1S/C24H36N6O5S/c1-11-18-17(12(2)28-21(31)15-4-3-6-26-15)23(33)30(18)19(24(34)35)20(11)36-14-8-16(27-9-14)22(32)29-7-5-13(25)10-29/h11-18,26-27H,3-10,25H2,1-2H3,(H,28,31)(H,34,35)/t11-,12-,13-,14+,15-,16+,17-,18-/m1/s1. The molecule has 0 bridgehead atoms. The molecule has 3 amide bonds. The number of carboxylic acid groups (broad SMARTS) is 1. The Morgan fingerprint density at radius 1 is 1.22 bits per heavy atom. The van der Waals surface area contributed by atoms with Crippen molar-refractivity contribution in [1.29, 1.82) is 0 Å². The Bertz CT molecular complexity index is 984. The predicted octanol–water partition coefficient (Wildman–Crippen LogP) is -0.961. The third kappa shape index (κ3) is 4.42. The van der Waals surface area contributed by atoms with E-state index in [4.69, 9.17) is 5.73 Å². The second kappa shape index (κ2) is 9.96. The number of likely N-dealkylation sites (tertiary alicyclic amines) is 1. The zero-order valence-corrected chi connectivity index (χ0v) is 21.6. The molecular weight excluding hydrogens is 484 g/mol. The predicted molar refractivity (Wildman–Crippen MR) is 134 cm³/mol. The van der Waals surface area contributed by atoms with Crippen LogP contribution < -0.4 is 21.7 Å². The first-order valence-electron chi connectivity index (χ1n) is 13.0. The second-order valence-corrected chi connectivity index (χ2v) is 12.1. The lowest BCUT2D eigenvalue weighted by Crippen LogP contribution is -2.66. The molecule has 4 fully saturated rings. The molecule has 5 rings (SSSR count). The molecule has 0 aromatic rings. The lowest BCUT2D eigenvalue weighted by molar-refractivity contribution is -0.158. The molecule has 5 aliphatic rings. The number of hydrogen-bond acceptors (Lipinski definition) is 8. The van der Waals surface area contributed by atoms with E-state index >= 15 is 0 Å². The average molecular weight is 521 g/mol. The van der Waals surface area contributed by atoms with Crippen molar-refractivity contribution in [3.63, 3.8) is 0 Å². The summed E-state index contributed by atoms with van der Waals surface area (Å²) < 4.78 is 0. The van der Waals surface area contributed by atoms with Crippen LogP contribution in [-0.2, 0) is 19.2 Å². The van der Waals surface area contributed by atoms with Crippen LogP contribution in [0.15, 0.2) is 10.6 Å². The van der Waals surface area contributed by atoms with Gasteiger partial charge in [0.15, 0.2) is 0 Å². The molecule has 0 aliphatic carbocycles. The highest BCUT2D eigenvalue weighted by Crippen LogP contribution is 2.51. The zero-order valence-electron chi connectivity index (χ0n) is 20.7. The molecule has 12 heteroatoms. The fourth-order valence-electron chi connectivity index (χ4n) is 6.39. The molecule has 0 spiro atoms. The van der Waals surface area contributed by atoms with Gasteiger partial charge in [0.05, 0.1) is 24.0 Å². The summed E-state index contributed by atoms with van der Waals surface area (Å²) in [6.45, 7) is 6.43. The minimum absolute atomic E-state index is 0.0275. The van der Waals surface area contributed by atoms with Gasteiger partial charge in [0, 0.05) is 47.8 Å². The van der Waals surface area contributed by atoms with Gasteiger partial charge >= 0.3 is 5.97 Å². The smallest absolute Gasteiger partial charge is 0.353 e. The second-order valence-electron chi connectivity index (χ2n) is 10.7. The number of thioether (sulfide) groups is 1. The molecule has 0 unspecified atom stereocenters. The van der Waals surface area contributed by atoms with Crippen molar-refractivity contribution >= 4 is 35.5 Å². The number of nitrogens with zero attached hydrogens (tertiary/aromatic N) is 2. The minimum Gasteiger partial charge on any atom is -0.477 e. The van der Waals surface area contributed by atoms with Gasteiger partial charge in [-0.1, -0.05) is 6.92 Å². The van der Waals surface area contributed by atoms with Crippen LogP contribution in [0.2, 0.25) is 0 Å². The van der Waals surface area contributed by atoms with Crippen LogP contribution in [0, 0.1) is 11.8 Å². The number of carbonyl (C=O) groups is 4. The van der Waals surface area contributed by atoms with Crippen molar-refractivity contribution in [3.05, 3.63) is 10.6 Å². The van der Waals surface area contributed by atoms with Crippen LogP contribution >= 0.6 is 11.8 Å². The van der Waals surface area contributed by atoms with Crippen LogP contribution in [0.5, 0.6) is 0 Å². The van der Waals surface area contributed by atoms with Gasteiger partial charge < -0.3 is 36.6 Å². The Kier molecular flexibility index (Phi) is 7.05. The van der Waals surface area contributed by atoms with Crippen molar-refractivity contribution in [3.8, 4) is 0 Å². The zero-order chi connectivity index (χ0) is 25.7. The normalized spacial score (nSPS) is 36.8. The summed E-state index contributed by atoms with van der Waals surface area (Å²) in [6, 6.07) is -1.20. The largest absolute Gasteiger partial charge is 0.477 e. The van der Waals surface area contributed by atoms with E-state index in [-0.39, 0.29) is 58.8 Å². The summed E-state index contributed by atoms with van der Waals surface area (Å²) in [5.41, 5.74) is 6.00. The molecule has 0 saturated carbocycles. The number of carboxylic acids is 1. The van der Waals surface area contributed by atoms with E-state index < -0.39 is 17.9 Å². The van der Waals surface area contributed by atoms with Crippen LogP contribution in [0.3, 0.4) is 0 Å². The summed E-state index contributed by atoms with van der Waals surface area (Å²) in [5.74, 6) is -2.06. The lowest BCUT2D eigenvalue weighted by atomic mass is 9.78. The highest BCUT2D eigenvalue weighted by atomic mass is 32.2. The van der Waals surface area contributed by atoms with Crippen LogP contribution in [0.1, 0.15) is 39.5 Å². The monoisotopic (exact) mass is 520 g/mol. The van der Waals surface area contributed by atoms with Crippen molar-refractivity contribution in [2.45, 2.75) is 75.0 Å². The van der Waals surface area contributed by atoms with Gasteiger partial charge in [-0.15, -0.1) is 11.8 Å². The van der Waals surface area contributed by atoms with Crippen LogP contribution in [-0.4, -0.2) is 100 Å². The lowest BCUT2D eigenvalue weighted by Gasteiger charge is -2.47. The van der Waals surface area contributed by atoms with E-state index in [0.29, 0.717) is 31.0 Å². The summed E-state index contributed by atoms with van der Waals surface area (Å²) in [4.78, 5) is 54.7. The summed E-state index contributed by atoms with van der Waals surface area (Å²) in [7, 11) is 0. The Balaban J connectivity index is 1.24. The summed E-state index contributed by atoms with van der Waals surface area (Å²) >= 11 is 1.47. The maximum Gasteiger partial charge on any atom is 0.353 e. The maximum absolute atomic E-state index is 13.1. The van der Waals surface area contributed by atoms with E-state index in [1.165, 1.54) is 16.7 Å². The van der Waals surface area contributed by atoms with Gasteiger partial charge in [-0.3, -0.25) is 14.4 Å². The topological polar surface area (TPSA) is 157 Å². The molecule has 198 valence electrons. The third-order valence-electron chi connectivity index (χ3n) is 8.30. The third-order valence-corrected chi connectivity index (χ3v) is 9.81. The first-order chi connectivity index (χ1) is 17.2. The SMILES string of the molecule is C[C@@H](NC(=O)[C@H]1CCCN1)[C@H]1C(=O)N2C(C(=O)O)=C(S[C@@H]3CN[C@H](C(=O)N4CC[C@@H](N)C4)C3)[C@H](C)[C@H]12. The molecule has 5 aliphatic heterocycles. The molecular formula is C24H36N6O5S. The van der Waals surface area contributed by atoms with Crippen molar-refractivity contribution in [2.24, 2.45) is 17.6 Å². The molecule has 0 radical (unpaired) electrons. The maximum atomic E-state index is 13.1. The number of nitrogens with two attached hydrogens (primary N) is 1. The molecule has 8 atom stereocenters. The van der Waals surface area contributed by atoms with Crippen LogP contribution in [0.25, 0.3) is 0 Å². The highest BCUT2D eigenvalue weighted by molar-refractivity contribution is 8.03. The number of fused-ring (bicyclic) bond motifs is 1. The molecule has 0 aromatic carbocycles. The Morgan fingerprint density at radius 3 is 2.64 bits per heavy atom. The molecule has 4 saturated heterocycles. The fraction of sp³-hybridized carbons (Fsp3) is 0.750. The van der Waals surface area contributed by atoms with E-state index in [0.717, 1.165) is 25.8 Å². The van der Waals surface area contributed by atoms with E-state index in [1.54, 1.807) is 0 Å². The number of nitrogens with one attached hydrogen (secondary N) is 3. The quantitative estimate of drug-likeness (QED) is 0.267. The Hall–Kier alpha value is -2.15. The Labute approximate surface area is 214 Å². The Morgan fingerprint density at radius 2 is 2.00 bits per heavy atom. The number of hydrogen-bond donors (Lipinski definition) is 5. The molecule has 36 heavy (non-hydrogen) atoms. The van der Waals surface area contributed by atoms with E-state index in [2.05, 4.69) is 16.0 Å². The molecule has 5 heterocycles. The number of rotatable bonds is 7. The van der Waals surface area contributed by atoms with E-state index in [1.807, 2.05) is 18.7 Å². The van der Waals surface area contributed by atoms with Gasteiger partial charge in [-0.2, -0.15) is 0 Å². The number of carbonyl (C=O) groups excluding carboxylic acids is 3. The van der Waals surface area contributed by atoms with Gasteiger partial charge in [-0.25, -0.2) is 4.79 Å². The van der Waals surface area contributed by atoms with Gasteiger partial charge in [0.2, 0.25) is 17.7 Å². The molecule has 6 N–H and O–H groups in total. The van der Waals surface area contributed by atoms with Gasteiger partial charge in [0.25, 0.3) is 0 Å². The minimum atomic E-state index is -1.12. The van der Waals surface area contributed by atoms with Crippen LogP contribution in [0.4, 0.5) is 0 Å². The van der Waals surface area contributed by atoms with E-state index in [9.17, 15) is 24.3 Å². The molecule has 11 nitrogen and oxygen atoms in total. The highest BCUT2D eigenvalue weighted by Gasteiger charge is 2.60. The van der Waals surface area contributed by atoms with Gasteiger partial charge in [0.1, 0.15) is 5.70 Å². The first kappa shape index (κ1) is 25.5. The molecule has 0 aromatic heterocycles. The van der Waals surface area contributed by atoms with Crippen molar-refractivity contribution < 1.29 is 24.3 Å². The average Bonchev–Trinajstić information content (AvgIpc) is 3.62. The summed E-state index contributed by atoms with van der Waals surface area (Å²) in [6.07, 6.45) is 3.13. The van der Waals surface area contributed by atoms with Crippen molar-refractivity contribution in [1.82, 2.24) is 25.8 Å². The fourth-order valence-corrected chi connectivity index (χ4v) is 7.87. The van der Waals surface area contributed by atoms with Gasteiger partial charge in [-0.05, 0) is 39.2 Å². The van der Waals surface area contributed by atoms with Crippen molar-refractivity contribution in [2.75, 3.05) is 26.2 Å². The summed E-state index contributed by atoms with van der Waals surface area (Å²) in [5, 5.41) is 19.5.